The molecule has 0 amide bonds. The minimum atomic E-state index is -0.639. The molecule has 140 valence electrons. The molecule has 0 spiro atoms. The van der Waals surface area contributed by atoms with Crippen LogP contribution < -0.4 is 9.80 Å². The Hall–Kier alpha value is -2.44. The van der Waals surface area contributed by atoms with Crippen LogP contribution in [-0.2, 0) is 9.59 Å². The van der Waals surface area contributed by atoms with Gasteiger partial charge in [0.15, 0.2) is 11.6 Å². The van der Waals surface area contributed by atoms with Gasteiger partial charge in [-0.15, -0.1) is 0 Å². The van der Waals surface area contributed by atoms with Crippen molar-refractivity contribution in [2.75, 3.05) is 23.9 Å². The van der Waals surface area contributed by atoms with E-state index in [-0.39, 0.29) is 11.6 Å². The van der Waals surface area contributed by atoms with Gasteiger partial charge in [0.1, 0.15) is 0 Å². The second kappa shape index (κ2) is 6.57. The van der Waals surface area contributed by atoms with E-state index in [0.717, 1.165) is 31.2 Å². The molecular formula is C22H18N2O2S2. The minimum Gasteiger partial charge on any atom is -0.338 e. The summed E-state index contributed by atoms with van der Waals surface area (Å²) in [6.45, 7) is 0. The van der Waals surface area contributed by atoms with Crippen LogP contribution >= 0.6 is 23.5 Å². The summed E-state index contributed by atoms with van der Waals surface area (Å²) < 4.78 is 0. The first-order chi connectivity index (χ1) is 13.5. The molecule has 0 aromatic heterocycles. The van der Waals surface area contributed by atoms with Gasteiger partial charge in [-0.05, 0) is 36.4 Å². The van der Waals surface area contributed by atoms with Crippen LogP contribution in [0.2, 0.25) is 0 Å². The second-order valence-electron chi connectivity index (χ2n) is 7.03. The summed E-state index contributed by atoms with van der Waals surface area (Å²) in [6, 6.07) is 16.2. The van der Waals surface area contributed by atoms with Gasteiger partial charge in [0.2, 0.25) is 0 Å². The third kappa shape index (κ3) is 2.63. The molecule has 0 radical (unpaired) electrons. The molecule has 0 unspecified atom stereocenters. The Bertz CT molecular complexity index is 978. The minimum absolute atomic E-state index is 0.0140. The van der Waals surface area contributed by atoms with E-state index in [0.29, 0.717) is 0 Å². The summed E-state index contributed by atoms with van der Waals surface area (Å²) in [4.78, 5) is 31.9. The van der Waals surface area contributed by atoms with Crippen molar-refractivity contribution >= 4 is 46.5 Å². The van der Waals surface area contributed by atoms with Crippen molar-refractivity contribution in [3.63, 3.8) is 0 Å². The van der Waals surface area contributed by atoms with Crippen molar-refractivity contribution in [1.29, 1.82) is 0 Å². The summed E-state index contributed by atoms with van der Waals surface area (Å²) in [5.41, 5.74) is 2.22. The smallest absolute Gasteiger partial charge is 0.161 e. The van der Waals surface area contributed by atoms with E-state index in [9.17, 15) is 9.59 Å². The van der Waals surface area contributed by atoms with Crippen molar-refractivity contribution < 1.29 is 9.59 Å². The fraction of sp³-hybridized carbons (Fsp3) is 0.182. The average Bonchev–Trinajstić information content (AvgIpc) is 3.21. The molecular weight excluding hydrogens is 388 g/mol. The number of benzene rings is 2. The predicted octanol–water partition coefficient (Wildman–Crippen LogP) is 4.54. The van der Waals surface area contributed by atoms with Crippen LogP contribution in [-0.4, -0.2) is 25.7 Å². The molecule has 0 atom stereocenters. The highest BCUT2D eigenvalue weighted by Crippen LogP contribution is 2.48. The van der Waals surface area contributed by atoms with Crippen molar-refractivity contribution in [3.05, 3.63) is 70.7 Å². The van der Waals surface area contributed by atoms with E-state index in [1.807, 2.05) is 72.4 Å². The maximum atomic E-state index is 12.7. The number of ketones is 2. The molecule has 1 saturated carbocycles. The molecule has 0 saturated heterocycles. The van der Waals surface area contributed by atoms with Crippen LogP contribution in [0.1, 0.15) is 0 Å². The van der Waals surface area contributed by atoms with Gasteiger partial charge in [-0.2, -0.15) is 0 Å². The lowest BCUT2D eigenvalue weighted by molar-refractivity contribution is -0.145. The highest BCUT2D eigenvalue weighted by Gasteiger charge is 2.47. The Balaban J connectivity index is 1.35. The highest BCUT2D eigenvalue weighted by molar-refractivity contribution is 8.04. The number of nitrogens with zero attached hydrogens (tertiary/aromatic N) is 2. The van der Waals surface area contributed by atoms with Gasteiger partial charge in [-0.25, -0.2) is 0 Å². The van der Waals surface area contributed by atoms with Crippen molar-refractivity contribution in [2.24, 2.45) is 11.8 Å². The molecule has 0 N–H and O–H groups in total. The largest absolute Gasteiger partial charge is 0.338 e. The molecule has 1 fully saturated rings. The van der Waals surface area contributed by atoms with Gasteiger partial charge in [0, 0.05) is 23.9 Å². The summed E-state index contributed by atoms with van der Waals surface area (Å²) in [7, 11) is 3.94. The van der Waals surface area contributed by atoms with E-state index < -0.39 is 11.8 Å². The second-order valence-corrected chi connectivity index (χ2v) is 9.15. The number of anilines is 2. The van der Waals surface area contributed by atoms with Crippen LogP contribution in [0.3, 0.4) is 0 Å². The predicted molar refractivity (Wildman–Crippen MR) is 115 cm³/mol. The number of allylic oxidation sites excluding steroid dienone is 2. The fourth-order valence-corrected chi connectivity index (χ4v) is 5.96. The Kier molecular flexibility index (Phi) is 4.14. The lowest BCUT2D eigenvalue weighted by Gasteiger charge is -2.29. The molecule has 6 heteroatoms. The maximum Gasteiger partial charge on any atom is 0.161 e. The Morgan fingerprint density at radius 2 is 1.11 bits per heavy atom. The third-order valence-corrected chi connectivity index (χ3v) is 7.76. The molecule has 0 bridgehead atoms. The zero-order chi connectivity index (χ0) is 19.4. The standard InChI is InChI=1S/C22H18N2O2S2/c1-23-15-7-3-5-9-17(15)27-19(23)11-13-21(25)14(22(13)26)12-20-24(2)16-8-4-6-10-18(16)28-20/h3-14H,1-2H3. The van der Waals surface area contributed by atoms with Crippen LogP contribution in [0.4, 0.5) is 11.4 Å². The number of fused-ring (bicyclic) bond motifs is 2. The molecule has 2 aromatic rings. The van der Waals surface area contributed by atoms with Crippen LogP contribution in [0.5, 0.6) is 0 Å². The number of hydrogen-bond acceptors (Lipinski definition) is 6. The van der Waals surface area contributed by atoms with E-state index in [1.165, 1.54) is 0 Å². The Morgan fingerprint density at radius 1 is 0.714 bits per heavy atom. The highest BCUT2D eigenvalue weighted by atomic mass is 32.2. The summed E-state index contributed by atoms with van der Waals surface area (Å²) >= 11 is 3.21. The Labute approximate surface area is 172 Å². The van der Waals surface area contributed by atoms with Crippen LogP contribution in [0.25, 0.3) is 0 Å². The lowest BCUT2D eigenvalue weighted by Crippen LogP contribution is -2.47. The summed E-state index contributed by atoms with van der Waals surface area (Å²) in [5.74, 6) is -1.31. The number of Topliss-reactive ketones (excluding diaryl/α,β-unsaturated/α-hetero) is 2. The van der Waals surface area contributed by atoms with E-state index >= 15 is 0 Å². The molecule has 1 aliphatic carbocycles. The van der Waals surface area contributed by atoms with Gasteiger partial charge >= 0.3 is 0 Å². The van der Waals surface area contributed by atoms with E-state index in [4.69, 9.17) is 0 Å². The molecule has 2 aliphatic heterocycles. The zero-order valence-corrected chi connectivity index (χ0v) is 17.1. The van der Waals surface area contributed by atoms with Crippen LogP contribution in [0, 0.1) is 11.8 Å². The fourth-order valence-electron chi connectivity index (χ4n) is 3.72. The third-order valence-electron chi connectivity index (χ3n) is 5.39. The van der Waals surface area contributed by atoms with Crippen LogP contribution in [0.15, 0.2) is 80.5 Å². The number of hydrogen-bond donors (Lipinski definition) is 0. The van der Waals surface area contributed by atoms with Crippen molar-refractivity contribution in [3.8, 4) is 0 Å². The summed E-state index contributed by atoms with van der Waals surface area (Å²) in [5, 5.41) is 1.89. The first-order valence-electron chi connectivity index (χ1n) is 9.07. The topological polar surface area (TPSA) is 40.6 Å². The zero-order valence-electron chi connectivity index (χ0n) is 15.5. The SMILES string of the molecule is CN1C(=CC2C(=O)C(C=C3Sc4ccccc4N3C)C2=O)Sc2ccccc21. The normalized spacial score (nSPS) is 26.1. The number of para-hydroxylation sites is 2. The van der Waals surface area contributed by atoms with Gasteiger partial charge in [0.25, 0.3) is 0 Å². The number of thioether (sulfide) groups is 2. The maximum absolute atomic E-state index is 12.7. The molecule has 2 heterocycles. The van der Waals surface area contributed by atoms with Gasteiger partial charge < -0.3 is 9.80 Å². The molecule has 4 nitrogen and oxygen atoms in total. The first kappa shape index (κ1) is 17.6. The monoisotopic (exact) mass is 406 g/mol. The quantitative estimate of drug-likeness (QED) is 0.682. The van der Waals surface area contributed by atoms with Gasteiger partial charge in [-0.1, -0.05) is 47.8 Å². The molecule has 2 aromatic carbocycles. The average molecular weight is 407 g/mol. The molecule has 3 aliphatic rings. The first-order valence-corrected chi connectivity index (χ1v) is 10.7. The van der Waals surface area contributed by atoms with Crippen molar-refractivity contribution in [1.82, 2.24) is 0 Å². The number of rotatable bonds is 2. The van der Waals surface area contributed by atoms with Gasteiger partial charge in [0.05, 0.1) is 33.3 Å². The van der Waals surface area contributed by atoms with Crippen molar-refractivity contribution in [2.45, 2.75) is 9.79 Å². The lowest BCUT2D eigenvalue weighted by atomic mass is 9.72. The summed E-state index contributed by atoms with van der Waals surface area (Å²) in [6.07, 6.45) is 3.65. The molecule has 5 rings (SSSR count). The van der Waals surface area contributed by atoms with E-state index in [1.54, 1.807) is 23.5 Å². The van der Waals surface area contributed by atoms with Gasteiger partial charge in [-0.3, -0.25) is 9.59 Å². The van der Waals surface area contributed by atoms with E-state index in [2.05, 4.69) is 12.1 Å². The molecule has 28 heavy (non-hydrogen) atoms. The number of carbonyl (C=O) groups is 2. The Morgan fingerprint density at radius 3 is 1.50 bits per heavy atom. The number of carbonyl (C=O) groups excluding carboxylic acids is 2.